The van der Waals surface area contributed by atoms with Gasteiger partial charge in [-0.2, -0.15) is 13.2 Å². The van der Waals surface area contributed by atoms with Crippen LogP contribution in [0.5, 0.6) is 0 Å². The van der Waals surface area contributed by atoms with Crippen molar-refractivity contribution in [3.8, 4) is 0 Å². The summed E-state index contributed by atoms with van der Waals surface area (Å²) in [5.41, 5.74) is -1.02. The first kappa shape index (κ1) is 9.97. The van der Waals surface area contributed by atoms with Crippen molar-refractivity contribution in [3.63, 3.8) is 0 Å². The Bertz CT molecular complexity index is 281. The fraction of sp³-hybridized carbons (Fsp3) is 0.200. The zero-order valence-corrected chi connectivity index (χ0v) is 8.28. The summed E-state index contributed by atoms with van der Waals surface area (Å²) in [7, 11) is 0. The molecular formula is C5HClF3IN2. The molecule has 1 aromatic heterocycles. The van der Waals surface area contributed by atoms with Crippen molar-refractivity contribution in [2.24, 2.45) is 0 Å². The molecule has 0 spiro atoms. The van der Waals surface area contributed by atoms with Crippen molar-refractivity contribution in [2.45, 2.75) is 6.18 Å². The van der Waals surface area contributed by atoms with E-state index in [9.17, 15) is 13.2 Å². The fourth-order valence-electron chi connectivity index (χ4n) is 0.535. The molecular weight excluding hydrogens is 307 g/mol. The molecule has 0 aromatic carbocycles. The van der Waals surface area contributed by atoms with E-state index >= 15 is 0 Å². The van der Waals surface area contributed by atoms with Crippen molar-refractivity contribution in [2.75, 3.05) is 0 Å². The van der Waals surface area contributed by atoms with Crippen LogP contribution in [0.3, 0.4) is 0 Å². The third kappa shape index (κ3) is 2.44. The lowest BCUT2D eigenvalue weighted by Gasteiger charge is -2.04. The van der Waals surface area contributed by atoms with Crippen molar-refractivity contribution >= 4 is 34.2 Å². The van der Waals surface area contributed by atoms with Gasteiger partial charge in [-0.15, -0.1) is 0 Å². The van der Waals surface area contributed by atoms with Crippen LogP contribution in [0.25, 0.3) is 0 Å². The maximum absolute atomic E-state index is 12.0. The van der Waals surface area contributed by atoms with E-state index in [0.29, 0.717) is 6.07 Å². The van der Waals surface area contributed by atoms with Gasteiger partial charge in [-0.05, 0) is 0 Å². The smallest absolute Gasteiger partial charge is 0.218 e. The molecule has 0 fully saturated rings. The lowest BCUT2D eigenvalue weighted by atomic mass is 10.4. The minimum atomic E-state index is -4.47. The first-order chi connectivity index (χ1) is 5.39. The fourth-order valence-corrected chi connectivity index (χ4v) is 1.38. The summed E-state index contributed by atoms with van der Waals surface area (Å²) >= 11 is 6.86. The summed E-state index contributed by atoms with van der Waals surface area (Å²) in [6.45, 7) is 0. The molecule has 0 radical (unpaired) electrons. The summed E-state index contributed by atoms with van der Waals surface area (Å²) < 4.78 is 36.0. The second-order valence-electron chi connectivity index (χ2n) is 1.84. The topological polar surface area (TPSA) is 25.8 Å². The van der Waals surface area contributed by atoms with Crippen LogP contribution in [0.4, 0.5) is 13.2 Å². The average Bonchev–Trinajstić information content (AvgIpc) is 1.82. The normalized spacial score (nSPS) is 11.8. The Morgan fingerprint density at radius 1 is 1.33 bits per heavy atom. The Morgan fingerprint density at radius 3 is 2.33 bits per heavy atom. The van der Waals surface area contributed by atoms with E-state index < -0.39 is 11.9 Å². The number of alkyl halides is 3. The maximum Gasteiger partial charge on any atom is 0.433 e. The number of halogens is 5. The van der Waals surface area contributed by atoms with E-state index in [4.69, 9.17) is 11.6 Å². The molecule has 0 aliphatic carbocycles. The SMILES string of the molecule is FC(F)(F)c1cc(Cl)nc(I)n1. The number of nitrogens with zero attached hydrogens (tertiary/aromatic N) is 2. The highest BCUT2D eigenvalue weighted by molar-refractivity contribution is 14.1. The van der Waals surface area contributed by atoms with E-state index in [1.54, 1.807) is 22.6 Å². The highest BCUT2D eigenvalue weighted by Crippen LogP contribution is 2.28. The standard InChI is InChI=1S/C5HClF3IN2/c6-3-1-2(5(7,8)9)11-4(10)12-3/h1H. The van der Waals surface area contributed by atoms with Gasteiger partial charge in [0.2, 0.25) is 0 Å². The molecule has 0 aliphatic rings. The molecule has 0 aliphatic heterocycles. The van der Waals surface area contributed by atoms with Gasteiger partial charge in [-0.1, -0.05) is 11.6 Å². The summed E-state index contributed by atoms with van der Waals surface area (Å²) in [6, 6.07) is 0.684. The van der Waals surface area contributed by atoms with Crippen LogP contribution in [0.2, 0.25) is 5.15 Å². The molecule has 0 amide bonds. The van der Waals surface area contributed by atoms with Crippen molar-refractivity contribution < 1.29 is 13.2 Å². The molecule has 1 aromatic rings. The Labute approximate surface area is 84.3 Å². The molecule has 0 atom stereocenters. The van der Waals surface area contributed by atoms with Crippen LogP contribution in [0, 0.1) is 3.83 Å². The first-order valence-corrected chi connectivity index (χ1v) is 4.12. The highest BCUT2D eigenvalue weighted by Gasteiger charge is 2.33. The molecule has 0 bridgehead atoms. The van der Waals surface area contributed by atoms with Gasteiger partial charge in [0.15, 0.2) is 3.83 Å². The summed E-state index contributed by atoms with van der Waals surface area (Å²) in [4.78, 5) is 6.66. The molecule has 12 heavy (non-hydrogen) atoms. The van der Waals surface area contributed by atoms with Crippen LogP contribution in [-0.4, -0.2) is 9.97 Å². The lowest BCUT2D eigenvalue weighted by Crippen LogP contribution is -2.09. The number of aromatic nitrogens is 2. The Balaban J connectivity index is 3.18. The van der Waals surface area contributed by atoms with Gasteiger partial charge >= 0.3 is 6.18 Å². The largest absolute Gasteiger partial charge is 0.433 e. The number of hydrogen-bond acceptors (Lipinski definition) is 2. The third-order valence-electron chi connectivity index (χ3n) is 0.958. The molecule has 1 rings (SSSR count). The van der Waals surface area contributed by atoms with Crippen LogP contribution < -0.4 is 0 Å². The van der Waals surface area contributed by atoms with Gasteiger partial charge in [0, 0.05) is 28.7 Å². The zero-order valence-electron chi connectivity index (χ0n) is 5.36. The van der Waals surface area contributed by atoms with Crippen LogP contribution in [-0.2, 0) is 6.18 Å². The van der Waals surface area contributed by atoms with Gasteiger partial charge < -0.3 is 0 Å². The predicted octanol–water partition coefficient (Wildman–Crippen LogP) is 2.75. The average molecular weight is 308 g/mol. The molecule has 0 N–H and O–H groups in total. The van der Waals surface area contributed by atoms with E-state index in [-0.39, 0.29) is 8.98 Å². The van der Waals surface area contributed by atoms with E-state index in [2.05, 4.69) is 9.97 Å². The van der Waals surface area contributed by atoms with Gasteiger partial charge in [0.1, 0.15) is 10.8 Å². The van der Waals surface area contributed by atoms with E-state index in [0.717, 1.165) is 0 Å². The molecule has 66 valence electrons. The maximum atomic E-state index is 12.0. The molecule has 2 nitrogen and oxygen atoms in total. The predicted molar refractivity (Wildman–Crippen MR) is 44.8 cm³/mol. The van der Waals surface area contributed by atoms with Crippen molar-refractivity contribution in [3.05, 3.63) is 20.7 Å². The lowest BCUT2D eigenvalue weighted by molar-refractivity contribution is -0.141. The van der Waals surface area contributed by atoms with Crippen molar-refractivity contribution in [1.29, 1.82) is 0 Å². The second-order valence-corrected chi connectivity index (χ2v) is 3.19. The van der Waals surface area contributed by atoms with E-state index in [1.807, 2.05) is 0 Å². The first-order valence-electron chi connectivity index (χ1n) is 2.67. The second kappa shape index (κ2) is 3.33. The summed E-state index contributed by atoms with van der Waals surface area (Å²) in [5.74, 6) is 0. The quantitative estimate of drug-likeness (QED) is 0.418. The Hall–Kier alpha value is -0.110. The van der Waals surface area contributed by atoms with Gasteiger partial charge in [-0.3, -0.25) is 0 Å². The highest BCUT2D eigenvalue weighted by atomic mass is 127. The minimum Gasteiger partial charge on any atom is -0.218 e. The molecule has 0 unspecified atom stereocenters. The minimum absolute atomic E-state index is 0.0209. The van der Waals surface area contributed by atoms with Gasteiger partial charge in [0.25, 0.3) is 0 Å². The van der Waals surface area contributed by atoms with Gasteiger partial charge in [0.05, 0.1) is 0 Å². The van der Waals surface area contributed by atoms with E-state index in [1.165, 1.54) is 0 Å². The Morgan fingerprint density at radius 2 is 1.92 bits per heavy atom. The monoisotopic (exact) mass is 308 g/mol. The molecule has 0 saturated carbocycles. The molecule has 7 heteroatoms. The number of hydrogen-bond donors (Lipinski definition) is 0. The summed E-state index contributed by atoms with van der Waals surface area (Å²) in [5, 5.41) is -0.207. The summed E-state index contributed by atoms with van der Waals surface area (Å²) in [6.07, 6.45) is -4.47. The van der Waals surface area contributed by atoms with Gasteiger partial charge in [-0.25, -0.2) is 9.97 Å². The third-order valence-corrected chi connectivity index (χ3v) is 1.63. The van der Waals surface area contributed by atoms with Crippen LogP contribution >= 0.6 is 34.2 Å². The number of rotatable bonds is 0. The Kier molecular flexibility index (Phi) is 2.77. The zero-order chi connectivity index (χ0) is 9.35. The van der Waals surface area contributed by atoms with Crippen molar-refractivity contribution in [1.82, 2.24) is 9.97 Å². The molecule has 1 heterocycles. The van der Waals surface area contributed by atoms with Crippen LogP contribution in [0.1, 0.15) is 5.69 Å². The molecule has 0 saturated heterocycles. The van der Waals surface area contributed by atoms with Crippen LogP contribution in [0.15, 0.2) is 6.07 Å².